The van der Waals surface area contributed by atoms with E-state index >= 15 is 0 Å². The number of thioether (sulfide) groups is 1. The highest BCUT2D eigenvalue weighted by atomic mass is 35.5. The highest BCUT2D eigenvalue weighted by Gasteiger charge is 2.29. The zero-order chi connectivity index (χ0) is 11.5. The molecule has 0 spiro atoms. The number of hydrogen-bond acceptors (Lipinski definition) is 3. The molecule has 1 amide bonds. The van der Waals surface area contributed by atoms with E-state index in [1.165, 1.54) is 0 Å². The summed E-state index contributed by atoms with van der Waals surface area (Å²) in [5, 5.41) is 0. The van der Waals surface area contributed by atoms with E-state index in [2.05, 4.69) is 13.8 Å². The number of carbonyl (C=O) groups excluding carboxylic acids is 1. The molecule has 0 aliphatic carbocycles. The fourth-order valence-electron chi connectivity index (χ4n) is 1.74. The van der Waals surface area contributed by atoms with E-state index < -0.39 is 0 Å². The van der Waals surface area contributed by atoms with Crippen molar-refractivity contribution >= 4 is 30.1 Å². The van der Waals surface area contributed by atoms with E-state index in [1.54, 1.807) is 0 Å². The third kappa shape index (κ3) is 5.41. The van der Waals surface area contributed by atoms with Crippen LogP contribution in [0.4, 0.5) is 0 Å². The molecule has 0 bridgehead atoms. The minimum Gasteiger partial charge on any atom is -0.341 e. The van der Waals surface area contributed by atoms with Gasteiger partial charge in [-0.3, -0.25) is 4.79 Å². The van der Waals surface area contributed by atoms with Crippen molar-refractivity contribution in [1.82, 2.24) is 4.90 Å². The molecule has 0 aromatic rings. The lowest BCUT2D eigenvalue weighted by atomic mass is 10.1. The monoisotopic (exact) mass is 266 g/mol. The molecule has 96 valence electrons. The van der Waals surface area contributed by atoms with Crippen molar-refractivity contribution in [1.29, 1.82) is 0 Å². The normalized spacial score (nSPS) is 21.1. The molecule has 0 radical (unpaired) electrons. The van der Waals surface area contributed by atoms with E-state index in [4.69, 9.17) is 5.73 Å². The fourth-order valence-corrected chi connectivity index (χ4v) is 2.85. The van der Waals surface area contributed by atoms with Gasteiger partial charge in [0.2, 0.25) is 5.91 Å². The zero-order valence-electron chi connectivity index (χ0n) is 10.4. The van der Waals surface area contributed by atoms with Gasteiger partial charge in [-0.25, -0.2) is 0 Å². The number of nitrogens with zero attached hydrogens (tertiary/aromatic N) is 1. The highest BCUT2D eigenvalue weighted by molar-refractivity contribution is 8.00. The summed E-state index contributed by atoms with van der Waals surface area (Å²) in [4.78, 5) is 13.8. The third-order valence-electron chi connectivity index (χ3n) is 2.59. The van der Waals surface area contributed by atoms with Crippen LogP contribution in [-0.2, 0) is 4.79 Å². The summed E-state index contributed by atoms with van der Waals surface area (Å²) < 4.78 is 0.211. The first-order valence-corrected chi connectivity index (χ1v) is 6.56. The van der Waals surface area contributed by atoms with Gasteiger partial charge in [-0.05, 0) is 27.2 Å². The molecule has 1 aliphatic rings. The maximum absolute atomic E-state index is 11.9. The van der Waals surface area contributed by atoms with Crippen molar-refractivity contribution in [2.45, 2.75) is 44.4 Å². The summed E-state index contributed by atoms with van der Waals surface area (Å²) in [5.41, 5.74) is 5.65. The summed E-state index contributed by atoms with van der Waals surface area (Å²) in [6.45, 7) is 8.11. The second-order valence-electron chi connectivity index (χ2n) is 4.94. The molecule has 0 aromatic carbocycles. The Morgan fingerprint density at radius 2 is 2.19 bits per heavy atom. The average molecular weight is 267 g/mol. The Bertz CT molecular complexity index is 234. The number of amides is 1. The number of nitrogens with two attached hydrogens (primary N) is 1. The van der Waals surface area contributed by atoms with Crippen molar-refractivity contribution in [2.24, 2.45) is 5.73 Å². The van der Waals surface area contributed by atoms with Crippen molar-refractivity contribution in [2.75, 3.05) is 18.8 Å². The van der Waals surface area contributed by atoms with Gasteiger partial charge in [0.15, 0.2) is 0 Å². The molecule has 2 N–H and O–H groups in total. The minimum atomic E-state index is 0. The number of halogens is 1. The lowest BCUT2D eigenvalue weighted by Gasteiger charge is -2.37. The molecule has 5 heteroatoms. The van der Waals surface area contributed by atoms with Crippen molar-refractivity contribution in [3.05, 3.63) is 0 Å². The second kappa shape index (κ2) is 6.72. The van der Waals surface area contributed by atoms with E-state index in [1.807, 2.05) is 23.6 Å². The van der Waals surface area contributed by atoms with Gasteiger partial charge in [0, 0.05) is 36.1 Å². The van der Waals surface area contributed by atoms with Gasteiger partial charge in [0.25, 0.3) is 0 Å². The predicted octanol–water partition coefficient (Wildman–Crippen LogP) is 1.89. The van der Waals surface area contributed by atoms with Gasteiger partial charge in [-0.1, -0.05) is 0 Å². The molecule has 1 heterocycles. The lowest BCUT2D eigenvalue weighted by Crippen LogP contribution is -2.46. The van der Waals surface area contributed by atoms with Gasteiger partial charge in [-0.15, -0.1) is 12.4 Å². The van der Waals surface area contributed by atoms with Crippen LogP contribution in [0.1, 0.15) is 33.6 Å². The van der Waals surface area contributed by atoms with Gasteiger partial charge in [0.1, 0.15) is 0 Å². The smallest absolute Gasteiger partial charge is 0.222 e. The molecule has 1 fully saturated rings. The second-order valence-corrected chi connectivity index (χ2v) is 6.74. The van der Waals surface area contributed by atoms with Gasteiger partial charge in [-0.2, -0.15) is 11.8 Å². The summed E-state index contributed by atoms with van der Waals surface area (Å²) in [6, 6.07) is 0.126. The topological polar surface area (TPSA) is 46.3 Å². The van der Waals surface area contributed by atoms with Crippen molar-refractivity contribution in [3.63, 3.8) is 0 Å². The van der Waals surface area contributed by atoms with Crippen LogP contribution in [0.15, 0.2) is 0 Å². The highest BCUT2D eigenvalue weighted by Crippen LogP contribution is 2.29. The largest absolute Gasteiger partial charge is 0.341 e. The molecule has 0 saturated carbocycles. The minimum absolute atomic E-state index is 0. The fraction of sp³-hybridized carbons (Fsp3) is 0.909. The molecular weight excluding hydrogens is 244 g/mol. The number of hydrogen-bond donors (Lipinski definition) is 1. The maximum atomic E-state index is 11.9. The summed E-state index contributed by atoms with van der Waals surface area (Å²) >= 11 is 1.95. The van der Waals surface area contributed by atoms with Crippen LogP contribution in [-0.4, -0.2) is 40.4 Å². The van der Waals surface area contributed by atoms with E-state index in [0.717, 1.165) is 25.3 Å². The Balaban J connectivity index is 0.00000225. The van der Waals surface area contributed by atoms with Gasteiger partial charge in [0.05, 0.1) is 0 Å². The summed E-state index contributed by atoms with van der Waals surface area (Å²) in [7, 11) is 0. The Hall–Kier alpha value is 0.0700. The lowest BCUT2D eigenvalue weighted by molar-refractivity contribution is -0.131. The first-order valence-electron chi connectivity index (χ1n) is 5.58. The Morgan fingerprint density at radius 3 is 2.69 bits per heavy atom. The van der Waals surface area contributed by atoms with Crippen LogP contribution in [0, 0.1) is 0 Å². The van der Waals surface area contributed by atoms with Crippen LogP contribution in [0.3, 0.4) is 0 Å². The molecule has 16 heavy (non-hydrogen) atoms. The SMILES string of the molecule is CC(N)CCC(=O)N1CCSC(C)(C)C1.Cl. The summed E-state index contributed by atoms with van der Waals surface area (Å²) in [6.07, 6.45) is 1.39. The van der Waals surface area contributed by atoms with Crippen molar-refractivity contribution in [3.8, 4) is 0 Å². The predicted molar refractivity (Wildman–Crippen MR) is 73.2 cm³/mol. The number of rotatable bonds is 3. The number of carbonyl (C=O) groups is 1. The van der Waals surface area contributed by atoms with Crippen LogP contribution in [0.2, 0.25) is 0 Å². The Kier molecular flexibility index (Phi) is 6.75. The van der Waals surface area contributed by atoms with Gasteiger partial charge >= 0.3 is 0 Å². The Labute approximate surface area is 109 Å². The molecule has 3 nitrogen and oxygen atoms in total. The van der Waals surface area contributed by atoms with E-state index in [-0.39, 0.29) is 29.1 Å². The first-order chi connectivity index (χ1) is 6.91. The molecule has 0 aromatic heterocycles. The van der Waals surface area contributed by atoms with Crippen molar-refractivity contribution < 1.29 is 4.79 Å². The van der Waals surface area contributed by atoms with Crippen LogP contribution in [0.5, 0.6) is 0 Å². The molecule has 1 atom stereocenters. The van der Waals surface area contributed by atoms with Crippen LogP contribution < -0.4 is 5.73 Å². The molecular formula is C11H23ClN2OS. The van der Waals surface area contributed by atoms with Crippen LogP contribution in [0.25, 0.3) is 0 Å². The first kappa shape index (κ1) is 16.1. The molecule has 1 saturated heterocycles. The van der Waals surface area contributed by atoms with E-state index in [9.17, 15) is 4.79 Å². The van der Waals surface area contributed by atoms with Gasteiger partial charge < -0.3 is 10.6 Å². The quantitative estimate of drug-likeness (QED) is 0.849. The standard InChI is InChI=1S/C11H22N2OS.ClH/c1-9(12)4-5-10(14)13-6-7-15-11(2,3)8-13;/h9H,4-8,12H2,1-3H3;1H. The molecule has 1 aliphatic heterocycles. The van der Waals surface area contributed by atoms with Crippen LogP contribution >= 0.6 is 24.2 Å². The maximum Gasteiger partial charge on any atom is 0.222 e. The zero-order valence-corrected chi connectivity index (χ0v) is 12.0. The van der Waals surface area contributed by atoms with E-state index in [0.29, 0.717) is 6.42 Å². The average Bonchev–Trinajstić information content (AvgIpc) is 2.12. The summed E-state index contributed by atoms with van der Waals surface area (Å²) in [5.74, 6) is 1.32. The molecule has 1 unspecified atom stereocenters. The molecule has 1 rings (SSSR count). The Morgan fingerprint density at radius 1 is 1.56 bits per heavy atom. The third-order valence-corrected chi connectivity index (χ3v) is 3.89.